The van der Waals surface area contributed by atoms with E-state index in [1.165, 1.54) is 0 Å². The van der Waals surface area contributed by atoms with Crippen LogP contribution in [0.3, 0.4) is 0 Å². The second-order valence-electron chi connectivity index (χ2n) is 7.89. The van der Waals surface area contributed by atoms with E-state index in [-0.39, 0.29) is 12.3 Å². The zero-order chi connectivity index (χ0) is 22.2. The summed E-state index contributed by atoms with van der Waals surface area (Å²) in [5, 5.41) is 3.14. The molecule has 32 heavy (non-hydrogen) atoms. The molecule has 1 fully saturated rings. The number of nitrogens with zero attached hydrogens (tertiary/aromatic N) is 4. The van der Waals surface area contributed by atoms with Crippen LogP contribution in [-0.4, -0.2) is 52.6 Å². The Kier molecular flexibility index (Phi) is 4.89. The Morgan fingerprint density at radius 1 is 1.03 bits per heavy atom. The van der Waals surface area contributed by atoms with Crippen LogP contribution >= 0.6 is 0 Å². The summed E-state index contributed by atoms with van der Waals surface area (Å²) in [5.41, 5.74) is 4.19. The Labute approximate surface area is 184 Å². The molecule has 0 aliphatic carbocycles. The van der Waals surface area contributed by atoms with Crippen molar-refractivity contribution in [2.45, 2.75) is 12.8 Å². The molecule has 1 N–H and O–H groups in total. The van der Waals surface area contributed by atoms with Crippen molar-refractivity contribution < 1.29 is 14.4 Å². The van der Waals surface area contributed by atoms with E-state index in [1.54, 1.807) is 47.3 Å². The predicted octanol–water partition coefficient (Wildman–Crippen LogP) is 2.82. The summed E-state index contributed by atoms with van der Waals surface area (Å²) in [6.07, 6.45) is 2.84. The highest BCUT2D eigenvalue weighted by Crippen LogP contribution is 2.35. The van der Waals surface area contributed by atoms with E-state index in [0.29, 0.717) is 36.0 Å². The van der Waals surface area contributed by atoms with Crippen LogP contribution in [0.2, 0.25) is 0 Å². The summed E-state index contributed by atoms with van der Waals surface area (Å²) in [6, 6.07) is 14.3. The molecule has 3 aromatic rings. The summed E-state index contributed by atoms with van der Waals surface area (Å²) in [4.78, 5) is 49.2. The maximum Gasteiger partial charge on any atom is 0.294 e. The van der Waals surface area contributed by atoms with Gasteiger partial charge in [-0.05, 0) is 36.8 Å². The average Bonchev–Trinajstić information content (AvgIpc) is 2.88. The molecule has 0 radical (unpaired) electrons. The summed E-state index contributed by atoms with van der Waals surface area (Å²) in [5.74, 6) is -0.591. The smallest absolute Gasteiger partial charge is 0.294 e. The predicted molar refractivity (Wildman–Crippen MR) is 120 cm³/mol. The number of nitrogens with one attached hydrogen (secondary N) is 1. The third-order valence-corrected chi connectivity index (χ3v) is 5.84. The second kappa shape index (κ2) is 7.88. The summed E-state index contributed by atoms with van der Waals surface area (Å²) in [6.45, 7) is 1.29. The van der Waals surface area contributed by atoms with Gasteiger partial charge >= 0.3 is 0 Å². The molecule has 160 valence electrons. The van der Waals surface area contributed by atoms with E-state index in [9.17, 15) is 14.4 Å². The first kappa shape index (κ1) is 19.9. The summed E-state index contributed by atoms with van der Waals surface area (Å²) < 4.78 is 0. The van der Waals surface area contributed by atoms with Gasteiger partial charge in [0.25, 0.3) is 5.91 Å². The highest BCUT2D eigenvalue weighted by atomic mass is 16.2. The second-order valence-corrected chi connectivity index (χ2v) is 7.89. The largest absolute Gasteiger partial charge is 0.336 e. The molecule has 0 atom stereocenters. The highest BCUT2D eigenvalue weighted by Gasteiger charge is 2.27. The average molecular weight is 427 g/mol. The number of para-hydroxylation sites is 1. The lowest BCUT2D eigenvalue weighted by atomic mass is 10.1. The molecular weight excluding hydrogens is 406 g/mol. The molecule has 2 aliphatic rings. The third-order valence-electron chi connectivity index (χ3n) is 5.84. The van der Waals surface area contributed by atoms with Crippen LogP contribution in [0.4, 0.5) is 17.3 Å². The number of amides is 2. The number of rotatable bonds is 4. The van der Waals surface area contributed by atoms with Gasteiger partial charge in [0.1, 0.15) is 0 Å². The minimum absolute atomic E-state index is 0.0199. The molecule has 1 aromatic heterocycles. The molecule has 5 rings (SSSR count). The van der Waals surface area contributed by atoms with Gasteiger partial charge in [0.05, 0.1) is 17.8 Å². The Hall–Kier alpha value is -4.07. The van der Waals surface area contributed by atoms with Crippen molar-refractivity contribution in [3.05, 3.63) is 65.9 Å². The fourth-order valence-electron chi connectivity index (χ4n) is 3.83. The molecule has 8 heteroatoms. The lowest BCUT2D eigenvalue weighted by molar-refractivity contribution is -0.129. The van der Waals surface area contributed by atoms with Gasteiger partial charge in [-0.3, -0.25) is 14.4 Å². The normalized spacial score (nSPS) is 14.7. The Bertz CT molecular complexity index is 1230. The molecule has 2 aliphatic heterocycles. The number of carbonyl (C=O) groups is 3. The number of aromatic nitrogens is 2. The van der Waals surface area contributed by atoms with Gasteiger partial charge in [0.2, 0.25) is 17.6 Å². The van der Waals surface area contributed by atoms with E-state index >= 15 is 0 Å². The van der Waals surface area contributed by atoms with Crippen LogP contribution in [-0.2, 0) is 16.0 Å². The van der Waals surface area contributed by atoms with Gasteiger partial charge in [0.15, 0.2) is 0 Å². The first-order valence-corrected chi connectivity index (χ1v) is 10.4. The molecule has 1 saturated heterocycles. The van der Waals surface area contributed by atoms with E-state index < -0.39 is 11.7 Å². The number of ketones is 1. The minimum Gasteiger partial charge on any atom is -0.336 e. The minimum atomic E-state index is -0.497. The lowest BCUT2D eigenvalue weighted by Gasteiger charge is -2.30. The Morgan fingerprint density at radius 2 is 1.78 bits per heavy atom. The molecule has 0 unspecified atom stereocenters. The molecule has 0 spiro atoms. The van der Waals surface area contributed by atoms with Gasteiger partial charge in [-0.15, -0.1) is 0 Å². The van der Waals surface area contributed by atoms with E-state index in [4.69, 9.17) is 0 Å². The first-order valence-electron chi connectivity index (χ1n) is 10.4. The van der Waals surface area contributed by atoms with Crippen molar-refractivity contribution in [3.8, 4) is 11.3 Å². The number of anilines is 3. The van der Waals surface area contributed by atoms with Gasteiger partial charge in [0, 0.05) is 48.7 Å². The number of likely N-dealkylation sites (tertiary alicyclic amines) is 1. The van der Waals surface area contributed by atoms with Crippen molar-refractivity contribution in [2.75, 3.05) is 30.4 Å². The summed E-state index contributed by atoms with van der Waals surface area (Å²) >= 11 is 0. The van der Waals surface area contributed by atoms with E-state index in [1.807, 2.05) is 24.3 Å². The first-order chi connectivity index (χ1) is 15.5. The number of likely N-dealkylation sites (N-methyl/N-ethyl adjacent to an activating group) is 1. The van der Waals surface area contributed by atoms with Gasteiger partial charge in [-0.1, -0.05) is 18.2 Å². The molecule has 3 heterocycles. The number of Topliss-reactive ketones (excluding diaryl/α,β-unsaturated/α-hetero) is 1. The molecular formula is C24H21N5O3. The maximum atomic E-state index is 12.5. The summed E-state index contributed by atoms with van der Waals surface area (Å²) in [7, 11) is 1.76. The van der Waals surface area contributed by atoms with Gasteiger partial charge in [-0.2, -0.15) is 0 Å². The van der Waals surface area contributed by atoms with Crippen molar-refractivity contribution in [1.29, 1.82) is 0 Å². The highest BCUT2D eigenvalue weighted by molar-refractivity contribution is 6.42. The molecule has 2 amide bonds. The Balaban J connectivity index is 1.40. The van der Waals surface area contributed by atoms with Crippen LogP contribution < -0.4 is 10.2 Å². The van der Waals surface area contributed by atoms with Crippen LogP contribution in [0.15, 0.2) is 54.7 Å². The number of fused-ring (bicyclic) bond motifs is 3. The maximum absolute atomic E-state index is 12.5. The topological polar surface area (TPSA) is 95.5 Å². The molecule has 0 saturated carbocycles. The van der Waals surface area contributed by atoms with Crippen LogP contribution in [0.5, 0.6) is 0 Å². The zero-order valence-corrected chi connectivity index (χ0v) is 17.5. The monoisotopic (exact) mass is 427 g/mol. The molecule has 2 aromatic carbocycles. The zero-order valence-electron chi connectivity index (χ0n) is 17.5. The lowest BCUT2D eigenvalue weighted by Crippen LogP contribution is -2.45. The fraction of sp³-hybridized carbons (Fsp3) is 0.208. The van der Waals surface area contributed by atoms with Crippen molar-refractivity contribution in [2.24, 2.45) is 0 Å². The Morgan fingerprint density at radius 3 is 2.50 bits per heavy atom. The number of hydrogen-bond donors (Lipinski definition) is 1. The van der Waals surface area contributed by atoms with Crippen molar-refractivity contribution in [1.82, 2.24) is 14.9 Å². The fourth-order valence-corrected chi connectivity index (χ4v) is 3.83. The van der Waals surface area contributed by atoms with Gasteiger partial charge in [-0.25, -0.2) is 9.97 Å². The van der Waals surface area contributed by atoms with Crippen molar-refractivity contribution in [3.63, 3.8) is 0 Å². The van der Waals surface area contributed by atoms with E-state index in [0.717, 1.165) is 23.2 Å². The quantitative estimate of drug-likeness (QED) is 0.508. The number of carbonyl (C=O) groups excluding carboxylic acids is 3. The molecule has 0 bridgehead atoms. The van der Waals surface area contributed by atoms with E-state index in [2.05, 4.69) is 15.3 Å². The van der Waals surface area contributed by atoms with Crippen LogP contribution in [0, 0.1) is 0 Å². The number of hydrogen-bond acceptors (Lipinski definition) is 6. The SMILES string of the molecule is CN1C(=O)Cc2cnc(Nc3ccc(C(=O)C(=O)N4CCC4)cc3)nc2-c2ccccc21. The molecule has 8 nitrogen and oxygen atoms in total. The van der Waals surface area contributed by atoms with Gasteiger partial charge < -0.3 is 15.1 Å². The van der Waals surface area contributed by atoms with Crippen LogP contribution in [0.1, 0.15) is 22.3 Å². The standard InChI is InChI=1S/C24H21N5O3/c1-28-19-6-3-2-5-18(19)21-16(13-20(28)30)14-25-24(27-21)26-17-9-7-15(8-10-17)22(31)23(32)29-11-4-12-29/h2-3,5-10,14H,4,11-13H2,1H3,(H,25,26,27). The number of benzene rings is 2. The van der Waals surface area contributed by atoms with Crippen molar-refractivity contribution >= 4 is 34.9 Å². The van der Waals surface area contributed by atoms with Crippen LogP contribution in [0.25, 0.3) is 11.3 Å². The third kappa shape index (κ3) is 3.49.